The number of H-pyrrole nitrogens is 2. The van der Waals surface area contributed by atoms with Gasteiger partial charge in [0, 0.05) is 24.5 Å². The lowest BCUT2D eigenvalue weighted by Crippen LogP contribution is -2.43. The molecule has 0 aromatic carbocycles. The van der Waals surface area contributed by atoms with Crippen molar-refractivity contribution in [3.05, 3.63) is 24.3 Å². The van der Waals surface area contributed by atoms with Crippen LogP contribution in [0.4, 0.5) is 0 Å². The minimum Gasteiger partial charge on any atom is -0.346 e. The number of rotatable bonds is 8. The van der Waals surface area contributed by atoms with Crippen LogP contribution in [0.25, 0.3) is 22.1 Å². The standard InChI is InChI=1S/C21H29N7O2S/c1-3-14(2)31(29,30)27-18(15-6-11-28(12-7-15)10-4-8-22)21-25-17-13-24-20-16(5-9-23-20)19(17)26-21/h5,9,13-15,18,27H,3-4,6-7,10-12H2,1-2H3,(H,23,24)(H,25,26). The van der Waals surface area contributed by atoms with E-state index < -0.39 is 21.3 Å². The van der Waals surface area contributed by atoms with Crippen molar-refractivity contribution in [2.24, 2.45) is 5.92 Å². The van der Waals surface area contributed by atoms with Crippen LogP contribution in [0.1, 0.15) is 51.4 Å². The number of hydrogen-bond donors (Lipinski definition) is 3. The summed E-state index contributed by atoms with van der Waals surface area (Å²) in [6.45, 7) is 6.06. The highest BCUT2D eigenvalue weighted by Gasteiger charge is 2.34. The number of fused-ring (bicyclic) bond motifs is 3. The molecule has 3 aromatic rings. The van der Waals surface area contributed by atoms with E-state index in [1.165, 1.54) is 0 Å². The molecule has 4 heterocycles. The highest BCUT2D eigenvalue weighted by molar-refractivity contribution is 7.90. The second-order valence-electron chi connectivity index (χ2n) is 8.33. The number of likely N-dealkylation sites (tertiary alicyclic amines) is 1. The molecule has 0 saturated carbocycles. The minimum absolute atomic E-state index is 0.118. The zero-order valence-corrected chi connectivity index (χ0v) is 18.7. The smallest absolute Gasteiger partial charge is 0.214 e. The Balaban J connectivity index is 1.66. The first kappa shape index (κ1) is 21.7. The molecule has 0 amide bonds. The van der Waals surface area contributed by atoms with Gasteiger partial charge in [-0.25, -0.2) is 23.1 Å². The summed E-state index contributed by atoms with van der Waals surface area (Å²) in [6.07, 6.45) is 6.30. The van der Waals surface area contributed by atoms with Crippen molar-refractivity contribution in [3.63, 3.8) is 0 Å². The number of nitrogens with one attached hydrogen (secondary N) is 3. The van der Waals surface area contributed by atoms with Crippen LogP contribution in [0, 0.1) is 17.2 Å². The molecule has 10 heteroatoms. The summed E-state index contributed by atoms with van der Waals surface area (Å²) >= 11 is 0. The summed E-state index contributed by atoms with van der Waals surface area (Å²) < 4.78 is 28.9. The summed E-state index contributed by atoms with van der Waals surface area (Å²) in [5.41, 5.74) is 2.34. The fourth-order valence-corrected chi connectivity index (χ4v) is 5.57. The molecule has 3 N–H and O–H groups in total. The van der Waals surface area contributed by atoms with E-state index in [1.54, 1.807) is 13.1 Å². The van der Waals surface area contributed by atoms with E-state index in [0.717, 1.165) is 54.5 Å². The van der Waals surface area contributed by atoms with Gasteiger partial charge in [0.05, 0.1) is 29.1 Å². The van der Waals surface area contributed by atoms with Gasteiger partial charge in [-0.15, -0.1) is 0 Å². The number of aromatic amines is 2. The van der Waals surface area contributed by atoms with Crippen molar-refractivity contribution < 1.29 is 8.42 Å². The lowest BCUT2D eigenvalue weighted by Gasteiger charge is -2.35. The molecule has 1 aliphatic heterocycles. The topological polar surface area (TPSA) is 131 Å². The SMILES string of the molecule is CCC(C)S(=O)(=O)NC(c1nc2c(cnc3[nH]ccc32)[nH]1)C1CCN(CCC#N)CC1. The number of piperidine rings is 1. The van der Waals surface area contributed by atoms with Crippen molar-refractivity contribution in [1.82, 2.24) is 29.6 Å². The van der Waals surface area contributed by atoms with Crippen LogP contribution < -0.4 is 4.72 Å². The first-order chi connectivity index (χ1) is 14.9. The third kappa shape index (κ3) is 4.44. The lowest BCUT2D eigenvalue weighted by atomic mass is 9.89. The third-order valence-electron chi connectivity index (χ3n) is 6.39. The molecular formula is C21H29N7O2S. The van der Waals surface area contributed by atoms with Crippen molar-refractivity contribution in [1.29, 1.82) is 5.26 Å². The number of aromatic nitrogens is 4. The van der Waals surface area contributed by atoms with Crippen molar-refractivity contribution in [2.45, 2.75) is 50.8 Å². The monoisotopic (exact) mass is 443 g/mol. The Morgan fingerprint density at radius 2 is 2.16 bits per heavy atom. The van der Waals surface area contributed by atoms with E-state index in [0.29, 0.717) is 18.7 Å². The zero-order valence-electron chi connectivity index (χ0n) is 17.9. The quantitative estimate of drug-likeness (QED) is 0.491. The molecule has 1 fully saturated rings. The number of sulfonamides is 1. The third-order valence-corrected chi connectivity index (χ3v) is 8.36. The Morgan fingerprint density at radius 1 is 1.39 bits per heavy atom. The first-order valence-electron chi connectivity index (χ1n) is 10.8. The first-order valence-corrected chi connectivity index (χ1v) is 12.4. The van der Waals surface area contributed by atoms with Crippen LogP contribution in [-0.4, -0.2) is 58.1 Å². The molecule has 9 nitrogen and oxygen atoms in total. The van der Waals surface area contributed by atoms with Gasteiger partial charge in [-0.1, -0.05) is 6.92 Å². The van der Waals surface area contributed by atoms with E-state index in [1.807, 2.05) is 19.2 Å². The Bertz CT molecular complexity index is 1190. The second kappa shape index (κ2) is 8.94. The van der Waals surface area contributed by atoms with Gasteiger partial charge in [-0.05, 0) is 51.3 Å². The summed E-state index contributed by atoms with van der Waals surface area (Å²) in [4.78, 5) is 17.9. The molecule has 1 aliphatic rings. The van der Waals surface area contributed by atoms with Gasteiger partial charge >= 0.3 is 0 Å². The largest absolute Gasteiger partial charge is 0.346 e. The number of nitriles is 1. The van der Waals surface area contributed by atoms with Crippen molar-refractivity contribution in [3.8, 4) is 6.07 Å². The molecule has 0 aliphatic carbocycles. The molecule has 4 rings (SSSR count). The highest BCUT2D eigenvalue weighted by atomic mass is 32.2. The summed E-state index contributed by atoms with van der Waals surface area (Å²) in [5.74, 6) is 0.750. The fourth-order valence-electron chi connectivity index (χ4n) is 4.25. The van der Waals surface area contributed by atoms with Crippen LogP contribution in [0.3, 0.4) is 0 Å². The molecule has 0 spiro atoms. The van der Waals surface area contributed by atoms with Gasteiger partial charge in [0.25, 0.3) is 0 Å². The summed E-state index contributed by atoms with van der Waals surface area (Å²) in [6, 6.07) is 3.70. The Hall–Kier alpha value is -2.48. The van der Waals surface area contributed by atoms with Crippen LogP contribution in [0.15, 0.2) is 18.5 Å². The predicted octanol–water partition coefficient (Wildman–Crippen LogP) is 2.82. The van der Waals surface area contributed by atoms with E-state index in [4.69, 9.17) is 10.2 Å². The molecule has 0 bridgehead atoms. The van der Waals surface area contributed by atoms with Crippen molar-refractivity contribution >= 4 is 32.1 Å². The predicted molar refractivity (Wildman–Crippen MR) is 120 cm³/mol. The van der Waals surface area contributed by atoms with E-state index in [-0.39, 0.29) is 5.92 Å². The van der Waals surface area contributed by atoms with E-state index in [9.17, 15) is 8.42 Å². The molecular weight excluding hydrogens is 414 g/mol. The minimum atomic E-state index is -3.49. The molecule has 166 valence electrons. The number of nitrogens with zero attached hydrogens (tertiary/aromatic N) is 4. The van der Waals surface area contributed by atoms with Gasteiger partial charge in [0.1, 0.15) is 17.0 Å². The zero-order chi connectivity index (χ0) is 22.0. The normalized spacial score (nSPS) is 18.4. The molecule has 1 saturated heterocycles. The van der Waals surface area contributed by atoms with Gasteiger partial charge in [0.2, 0.25) is 10.0 Å². The molecule has 0 radical (unpaired) electrons. The fraction of sp³-hybridized carbons (Fsp3) is 0.571. The van der Waals surface area contributed by atoms with Gasteiger partial charge in [0.15, 0.2) is 0 Å². The van der Waals surface area contributed by atoms with E-state index >= 15 is 0 Å². The van der Waals surface area contributed by atoms with E-state index in [2.05, 4.69) is 30.6 Å². The Kier molecular flexibility index (Phi) is 6.27. The van der Waals surface area contributed by atoms with Crippen LogP contribution >= 0.6 is 0 Å². The maximum atomic E-state index is 13.0. The molecule has 2 atom stereocenters. The Labute approximate surface area is 182 Å². The highest BCUT2D eigenvalue weighted by Crippen LogP contribution is 2.33. The summed E-state index contributed by atoms with van der Waals surface area (Å²) in [7, 11) is -3.49. The molecule has 2 unspecified atom stereocenters. The van der Waals surface area contributed by atoms with Crippen molar-refractivity contribution in [2.75, 3.05) is 19.6 Å². The lowest BCUT2D eigenvalue weighted by molar-refractivity contribution is 0.165. The summed E-state index contributed by atoms with van der Waals surface area (Å²) in [5, 5.41) is 9.28. The number of pyridine rings is 1. The van der Waals surface area contributed by atoms with Crippen LogP contribution in [0.5, 0.6) is 0 Å². The van der Waals surface area contributed by atoms with Crippen LogP contribution in [0.2, 0.25) is 0 Å². The van der Waals surface area contributed by atoms with Gasteiger partial charge < -0.3 is 14.9 Å². The number of hydrogen-bond acceptors (Lipinski definition) is 6. The Morgan fingerprint density at radius 3 is 2.87 bits per heavy atom. The number of imidazole rings is 1. The average Bonchev–Trinajstić information content (AvgIpc) is 3.42. The van der Waals surface area contributed by atoms with Gasteiger partial charge in [-0.2, -0.15) is 5.26 Å². The van der Waals surface area contributed by atoms with Crippen LogP contribution in [-0.2, 0) is 10.0 Å². The average molecular weight is 444 g/mol. The maximum absolute atomic E-state index is 13.0. The molecule has 3 aromatic heterocycles. The second-order valence-corrected chi connectivity index (χ2v) is 10.5. The van der Waals surface area contributed by atoms with Gasteiger partial charge in [-0.3, -0.25) is 0 Å². The maximum Gasteiger partial charge on any atom is 0.214 e. The molecule has 31 heavy (non-hydrogen) atoms.